The predicted octanol–water partition coefficient (Wildman–Crippen LogP) is 1.36. The Balaban J connectivity index is 1.82. The van der Waals surface area contributed by atoms with Gasteiger partial charge < -0.3 is 14.5 Å². The number of furan rings is 1. The first-order valence-corrected chi connectivity index (χ1v) is 8.38. The van der Waals surface area contributed by atoms with E-state index in [2.05, 4.69) is 5.32 Å². The van der Waals surface area contributed by atoms with Crippen molar-refractivity contribution in [1.82, 2.24) is 5.32 Å². The minimum Gasteiger partial charge on any atom is -0.493 e. The van der Waals surface area contributed by atoms with Crippen molar-refractivity contribution in [2.45, 2.75) is 12.5 Å². The van der Waals surface area contributed by atoms with E-state index < -0.39 is 15.7 Å². The van der Waals surface area contributed by atoms with E-state index in [1.165, 1.54) is 7.11 Å². The monoisotopic (exact) mass is 309 g/mol. The first-order valence-electron chi connectivity index (χ1n) is 6.56. The van der Waals surface area contributed by atoms with E-state index in [0.717, 1.165) is 5.39 Å². The zero-order valence-electron chi connectivity index (χ0n) is 11.5. The predicted molar refractivity (Wildman–Crippen MR) is 77.3 cm³/mol. The molecule has 0 bridgehead atoms. The average Bonchev–Trinajstić information content (AvgIpc) is 3.01. The molecule has 1 N–H and O–H groups in total. The molecule has 112 valence electrons. The maximum atomic E-state index is 12.1. The molecular formula is C14H15NO5S. The van der Waals surface area contributed by atoms with Gasteiger partial charge in [0, 0.05) is 11.4 Å². The number of amides is 1. The third-order valence-electron chi connectivity index (χ3n) is 3.52. The van der Waals surface area contributed by atoms with Gasteiger partial charge in [-0.2, -0.15) is 0 Å². The van der Waals surface area contributed by atoms with Crippen LogP contribution < -0.4 is 10.1 Å². The third-order valence-corrected chi connectivity index (χ3v) is 5.29. The van der Waals surface area contributed by atoms with Crippen LogP contribution in [-0.4, -0.2) is 39.0 Å². The Morgan fingerprint density at radius 3 is 2.90 bits per heavy atom. The quantitative estimate of drug-likeness (QED) is 0.925. The summed E-state index contributed by atoms with van der Waals surface area (Å²) in [6.07, 6.45) is 0.442. The minimum atomic E-state index is -3.02. The maximum Gasteiger partial charge on any atom is 0.287 e. The van der Waals surface area contributed by atoms with E-state index >= 15 is 0 Å². The van der Waals surface area contributed by atoms with E-state index in [9.17, 15) is 13.2 Å². The van der Waals surface area contributed by atoms with Gasteiger partial charge in [-0.25, -0.2) is 8.42 Å². The number of rotatable bonds is 3. The van der Waals surface area contributed by atoms with E-state index in [1.807, 2.05) is 12.1 Å². The summed E-state index contributed by atoms with van der Waals surface area (Å²) in [5, 5.41) is 3.46. The van der Waals surface area contributed by atoms with Crippen molar-refractivity contribution in [3.63, 3.8) is 0 Å². The lowest BCUT2D eigenvalue weighted by molar-refractivity contribution is 0.0915. The molecule has 0 saturated carbocycles. The molecule has 2 aromatic rings. The number of carbonyl (C=O) groups is 1. The number of hydrogen-bond acceptors (Lipinski definition) is 5. The van der Waals surface area contributed by atoms with Crippen LogP contribution >= 0.6 is 0 Å². The van der Waals surface area contributed by atoms with E-state index in [1.54, 1.807) is 12.1 Å². The van der Waals surface area contributed by atoms with Gasteiger partial charge in [-0.15, -0.1) is 0 Å². The van der Waals surface area contributed by atoms with Crippen LogP contribution in [0.15, 0.2) is 28.7 Å². The van der Waals surface area contributed by atoms with Gasteiger partial charge in [0.05, 0.1) is 18.6 Å². The molecule has 1 aromatic heterocycles. The van der Waals surface area contributed by atoms with Crippen molar-refractivity contribution in [2.75, 3.05) is 18.6 Å². The average molecular weight is 309 g/mol. The molecule has 1 fully saturated rings. The molecule has 1 aliphatic rings. The zero-order chi connectivity index (χ0) is 15.0. The molecule has 2 heterocycles. The van der Waals surface area contributed by atoms with Crippen LogP contribution in [0.2, 0.25) is 0 Å². The Morgan fingerprint density at radius 2 is 2.24 bits per heavy atom. The van der Waals surface area contributed by atoms with Crippen LogP contribution in [0.3, 0.4) is 0 Å². The largest absolute Gasteiger partial charge is 0.493 e. The smallest absolute Gasteiger partial charge is 0.287 e. The topological polar surface area (TPSA) is 85.6 Å². The van der Waals surface area contributed by atoms with Crippen molar-refractivity contribution >= 4 is 26.7 Å². The molecule has 0 aliphatic carbocycles. The summed E-state index contributed by atoms with van der Waals surface area (Å²) in [6, 6.07) is 6.64. The van der Waals surface area contributed by atoms with Crippen molar-refractivity contribution in [3.8, 4) is 5.75 Å². The van der Waals surface area contributed by atoms with Gasteiger partial charge in [-0.05, 0) is 18.6 Å². The Morgan fingerprint density at radius 1 is 1.43 bits per heavy atom. The standard InChI is InChI=1S/C14H15NO5S/c1-19-11-4-2-3-9-7-12(20-13(9)11)14(16)15-10-5-6-21(17,18)8-10/h2-4,7,10H,5-6,8H2,1H3,(H,15,16)/t10-/m1/s1. The second-order valence-electron chi connectivity index (χ2n) is 5.06. The summed E-state index contributed by atoms with van der Waals surface area (Å²) in [4.78, 5) is 12.1. The van der Waals surface area contributed by atoms with Gasteiger partial charge in [0.15, 0.2) is 26.9 Å². The van der Waals surface area contributed by atoms with Crippen LogP contribution in [0.25, 0.3) is 11.0 Å². The van der Waals surface area contributed by atoms with Crippen LogP contribution in [0.1, 0.15) is 17.0 Å². The van der Waals surface area contributed by atoms with Gasteiger partial charge in [0.25, 0.3) is 5.91 Å². The molecular weight excluding hydrogens is 294 g/mol. The lowest BCUT2D eigenvalue weighted by Crippen LogP contribution is -2.35. The summed E-state index contributed by atoms with van der Waals surface area (Å²) < 4.78 is 33.5. The summed E-state index contributed by atoms with van der Waals surface area (Å²) >= 11 is 0. The molecule has 3 rings (SSSR count). The fourth-order valence-corrected chi connectivity index (χ4v) is 4.15. The van der Waals surface area contributed by atoms with Crippen molar-refractivity contribution in [3.05, 3.63) is 30.0 Å². The zero-order valence-corrected chi connectivity index (χ0v) is 12.3. The molecule has 1 saturated heterocycles. The highest BCUT2D eigenvalue weighted by atomic mass is 32.2. The Bertz CT molecular complexity index is 793. The summed E-state index contributed by atoms with van der Waals surface area (Å²) in [5.41, 5.74) is 0.504. The van der Waals surface area contributed by atoms with Crippen LogP contribution in [0.5, 0.6) is 5.75 Å². The number of sulfone groups is 1. The summed E-state index contributed by atoms with van der Waals surface area (Å²) in [7, 11) is -1.50. The Kier molecular flexibility index (Phi) is 3.36. The minimum absolute atomic E-state index is 0.0116. The number of nitrogens with one attached hydrogen (secondary N) is 1. The maximum absolute atomic E-state index is 12.1. The fraction of sp³-hybridized carbons (Fsp3) is 0.357. The van der Waals surface area contributed by atoms with Gasteiger partial charge >= 0.3 is 0 Å². The first kappa shape index (κ1) is 13.9. The lowest BCUT2D eigenvalue weighted by atomic mass is 10.2. The number of ether oxygens (including phenoxy) is 1. The van der Waals surface area contributed by atoms with Crippen LogP contribution in [-0.2, 0) is 9.84 Å². The molecule has 1 atom stereocenters. The summed E-state index contributed by atoms with van der Waals surface area (Å²) in [6.45, 7) is 0. The Labute approximate surface area is 122 Å². The number of hydrogen-bond donors (Lipinski definition) is 1. The molecule has 1 amide bonds. The van der Waals surface area contributed by atoms with Crippen molar-refractivity contribution in [2.24, 2.45) is 0 Å². The first-order chi connectivity index (χ1) is 9.98. The molecule has 0 unspecified atom stereocenters. The molecule has 6 nitrogen and oxygen atoms in total. The highest BCUT2D eigenvalue weighted by Gasteiger charge is 2.29. The van der Waals surface area contributed by atoms with Gasteiger partial charge in [-0.3, -0.25) is 4.79 Å². The highest BCUT2D eigenvalue weighted by molar-refractivity contribution is 7.91. The molecule has 1 aromatic carbocycles. The van der Waals surface area contributed by atoms with Gasteiger partial charge in [0.2, 0.25) is 0 Å². The fourth-order valence-electron chi connectivity index (χ4n) is 2.47. The molecule has 21 heavy (non-hydrogen) atoms. The van der Waals surface area contributed by atoms with Crippen LogP contribution in [0.4, 0.5) is 0 Å². The normalized spacial score (nSPS) is 20.5. The van der Waals surface area contributed by atoms with E-state index in [-0.39, 0.29) is 23.3 Å². The third kappa shape index (κ3) is 2.73. The summed E-state index contributed by atoms with van der Waals surface area (Å²) in [5.74, 6) is 0.401. The molecule has 0 spiro atoms. The van der Waals surface area contributed by atoms with E-state index in [4.69, 9.17) is 9.15 Å². The number of para-hydroxylation sites is 1. The second kappa shape index (κ2) is 5.07. The van der Waals surface area contributed by atoms with E-state index in [0.29, 0.717) is 17.8 Å². The second-order valence-corrected chi connectivity index (χ2v) is 7.29. The van der Waals surface area contributed by atoms with Crippen LogP contribution in [0, 0.1) is 0 Å². The lowest BCUT2D eigenvalue weighted by Gasteiger charge is -2.08. The number of fused-ring (bicyclic) bond motifs is 1. The molecule has 1 aliphatic heterocycles. The SMILES string of the molecule is COc1cccc2cc(C(=O)N[C@@H]3CCS(=O)(=O)C3)oc12. The van der Waals surface area contributed by atoms with Crippen molar-refractivity contribution < 1.29 is 22.4 Å². The number of carbonyl (C=O) groups excluding carboxylic acids is 1. The van der Waals surface area contributed by atoms with Gasteiger partial charge in [-0.1, -0.05) is 12.1 Å². The number of methoxy groups -OCH3 is 1. The Hall–Kier alpha value is -2.02. The molecule has 0 radical (unpaired) electrons. The van der Waals surface area contributed by atoms with Crippen molar-refractivity contribution in [1.29, 1.82) is 0 Å². The van der Waals surface area contributed by atoms with Gasteiger partial charge in [0.1, 0.15) is 0 Å². The number of benzene rings is 1. The molecule has 7 heteroatoms. The highest BCUT2D eigenvalue weighted by Crippen LogP contribution is 2.28.